The Morgan fingerprint density at radius 2 is 1.82 bits per heavy atom. The molecule has 0 radical (unpaired) electrons. The van der Waals surface area contributed by atoms with E-state index in [2.05, 4.69) is 32.7 Å². The number of halogens is 3. The van der Waals surface area contributed by atoms with Gasteiger partial charge >= 0.3 is 6.18 Å². The van der Waals surface area contributed by atoms with E-state index in [1.165, 1.54) is 12.3 Å². The standard InChI is InChI=1S/C26H31F3N2O2/c1-14(2)22-20-21(19-16(31-22)11-24(3,4)12-17(19)32)25(9-5-6-10-25)33-23(20)15-7-8-18(30-13-15)26(27,28)29/h7-8,13-14,17,23,32H,5-6,9-12H2,1-4H3/t17-,23+/m0/s1. The molecular weight excluding hydrogens is 429 g/mol. The molecule has 3 heterocycles. The first kappa shape index (κ1) is 22.8. The maximum atomic E-state index is 13.1. The zero-order valence-corrected chi connectivity index (χ0v) is 19.6. The summed E-state index contributed by atoms with van der Waals surface area (Å²) in [6.45, 7) is 8.48. The molecule has 3 aliphatic rings. The summed E-state index contributed by atoms with van der Waals surface area (Å²) in [6, 6.07) is 2.50. The van der Waals surface area contributed by atoms with Crippen LogP contribution >= 0.6 is 0 Å². The molecule has 1 saturated carbocycles. The lowest BCUT2D eigenvalue weighted by Gasteiger charge is -2.38. The fourth-order valence-electron chi connectivity index (χ4n) is 6.14. The van der Waals surface area contributed by atoms with Gasteiger partial charge < -0.3 is 9.84 Å². The summed E-state index contributed by atoms with van der Waals surface area (Å²) in [5, 5.41) is 11.3. The van der Waals surface area contributed by atoms with E-state index < -0.39 is 29.7 Å². The Labute approximate surface area is 192 Å². The summed E-state index contributed by atoms with van der Waals surface area (Å²) in [4.78, 5) is 8.78. The highest BCUT2D eigenvalue weighted by molar-refractivity contribution is 5.54. The fraction of sp³-hybridized carbons (Fsp3) is 0.615. The quantitative estimate of drug-likeness (QED) is 0.555. The van der Waals surface area contributed by atoms with Gasteiger partial charge in [-0.25, -0.2) is 0 Å². The van der Waals surface area contributed by atoms with Crippen LogP contribution < -0.4 is 0 Å². The Balaban J connectivity index is 1.73. The number of alkyl halides is 3. The average molecular weight is 461 g/mol. The van der Waals surface area contributed by atoms with Crippen molar-refractivity contribution < 1.29 is 23.0 Å². The first-order valence-electron chi connectivity index (χ1n) is 11.9. The van der Waals surface area contributed by atoms with Crippen LogP contribution in [0.15, 0.2) is 18.3 Å². The predicted octanol–water partition coefficient (Wildman–Crippen LogP) is 6.51. The van der Waals surface area contributed by atoms with E-state index in [4.69, 9.17) is 9.72 Å². The molecule has 7 heteroatoms. The first-order valence-corrected chi connectivity index (χ1v) is 11.9. The Morgan fingerprint density at radius 1 is 1.12 bits per heavy atom. The highest BCUT2D eigenvalue weighted by atomic mass is 19.4. The number of aliphatic hydroxyl groups is 1. The SMILES string of the molecule is CC(C)c1nc2c(c3c1[C@@H](c1ccc(C(F)(F)F)nc1)OC31CCCC1)[C@@H](O)CC(C)(C)C2. The molecule has 0 unspecified atom stereocenters. The molecule has 1 N–H and O–H groups in total. The van der Waals surface area contributed by atoms with Crippen LogP contribution in [0.25, 0.3) is 0 Å². The van der Waals surface area contributed by atoms with Crippen LogP contribution in [0.4, 0.5) is 13.2 Å². The van der Waals surface area contributed by atoms with Gasteiger partial charge in [0.2, 0.25) is 0 Å². The molecule has 0 aromatic carbocycles. The molecule has 5 rings (SSSR count). The number of ether oxygens (including phenoxy) is 1. The van der Waals surface area contributed by atoms with Gasteiger partial charge in [-0.2, -0.15) is 13.2 Å². The monoisotopic (exact) mass is 460 g/mol. The molecular formula is C26H31F3N2O2. The van der Waals surface area contributed by atoms with Gasteiger partial charge in [0.15, 0.2) is 0 Å². The van der Waals surface area contributed by atoms with Crippen molar-refractivity contribution in [2.24, 2.45) is 5.41 Å². The number of aliphatic hydroxyl groups excluding tert-OH is 1. The number of hydrogen-bond acceptors (Lipinski definition) is 4. The lowest BCUT2D eigenvalue weighted by molar-refractivity contribution is -0.141. The smallest absolute Gasteiger partial charge is 0.388 e. The zero-order chi connectivity index (χ0) is 23.8. The van der Waals surface area contributed by atoms with Crippen LogP contribution in [0.2, 0.25) is 0 Å². The van der Waals surface area contributed by atoms with E-state index in [1.54, 1.807) is 0 Å². The summed E-state index contributed by atoms with van der Waals surface area (Å²) in [7, 11) is 0. The highest BCUT2D eigenvalue weighted by Gasteiger charge is 2.52. The van der Waals surface area contributed by atoms with E-state index in [0.717, 1.165) is 66.2 Å². The molecule has 1 fully saturated rings. The second-order valence-electron chi connectivity index (χ2n) is 11.0. The summed E-state index contributed by atoms with van der Waals surface area (Å²) >= 11 is 0. The van der Waals surface area contributed by atoms with Crippen LogP contribution in [-0.2, 0) is 22.9 Å². The Morgan fingerprint density at radius 3 is 2.39 bits per heavy atom. The second-order valence-corrected chi connectivity index (χ2v) is 11.0. The Bertz CT molecular complexity index is 1070. The van der Waals surface area contributed by atoms with Gasteiger partial charge in [-0.1, -0.05) is 46.6 Å². The third-order valence-corrected chi connectivity index (χ3v) is 7.50. The molecule has 178 valence electrons. The van der Waals surface area contributed by atoms with Crippen LogP contribution in [0.5, 0.6) is 0 Å². The van der Waals surface area contributed by atoms with Crippen molar-refractivity contribution in [3.8, 4) is 0 Å². The molecule has 2 aromatic rings. The summed E-state index contributed by atoms with van der Waals surface area (Å²) < 4.78 is 46.1. The Kier molecular flexibility index (Phi) is 5.18. The molecule has 0 saturated heterocycles. The molecule has 0 bridgehead atoms. The summed E-state index contributed by atoms with van der Waals surface area (Å²) in [5.74, 6) is 0.108. The minimum atomic E-state index is -4.49. The van der Waals surface area contributed by atoms with Gasteiger partial charge in [0.05, 0.1) is 11.7 Å². The second kappa shape index (κ2) is 7.51. The number of hydrogen-bond donors (Lipinski definition) is 1. The van der Waals surface area contributed by atoms with Crippen LogP contribution in [-0.4, -0.2) is 15.1 Å². The van der Waals surface area contributed by atoms with Gasteiger partial charge in [0.1, 0.15) is 11.8 Å². The van der Waals surface area contributed by atoms with E-state index >= 15 is 0 Å². The summed E-state index contributed by atoms with van der Waals surface area (Å²) in [6.07, 6.45) is 0.798. The van der Waals surface area contributed by atoms with Gasteiger partial charge in [-0.3, -0.25) is 9.97 Å². The van der Waals surface area contributed by atoms with Gasteiger partial charge in [-0.05, 0) is 48.6 Å². The van der Waals surface area contributed by atoms with Crippen LogP contribution in [0, 0.1) is 5.41 Å². The van der Waals surface area contributed by atoms with Crippen molar-refractivity contribution in [3.63, 3.8) is 0 Å². The lowest BCUT2D eigenvalue weighted by atomic mass is 9.70. The van der Waals surface area contributed by atoms with Gasteiger partial charge in [0.25, 0.3) is 0 Å². The fourth-order valence-corrected chi connectivity index (χ4v) is 6.14. The summed E-state index contributed by atoms with van der Waals surface area (Å²) in [5.41, 5.74) is 3.87. The number of fused-ring (bicyclic) bond motifs is 4. The van der Waals surface area contributed by atoms with Crippen molar-refractivity contribution >= 4 is 0 Å². The van der Waals surface area contributed by atoms with E-state index in [9.17, 15) is 18.3 Å². The van der Waals surface area contributed by atoms with Crippen molar-refractivity contribution in [2.45, 2.75) is 96.1 Å². The van der Waals surface area contributed by atoms with Crippen molar-refractivity contribution in [2.75, 3.05) is 0 Å². The third-order valence-electron chi connectivity index (χ3n) is 7.50. The van der Waals surface area contributed by atoms with E-state index in [1.807, 2.05) is 0 Å². The molecule has 2 atom stereocenters. The number of rotatable bonds is 2. The molecule has 33 heavy (non-hydrogen) atoms. The van der Waals surface area contributed by atoms with Crippen molar-refractivity contribution in [1.82, 2.24) is 9.97 Å². The van der Waals surface area contributed by atoms with Crippen molar-refractivity contribution in [1.29, 1.82) is 0 Å². The van der Waals surface area contributed by atoms with Crippen molar-refractivity contribution in [3.05, 3.63) is 57.7 Å². The maximum absolute atomic E-state index is 13.1. The largest absolute Gasteiger partial charge is 0.433 e. The minimum Gasteiger partial charge on any atom is -0.388 e. The maximum Gasteiger partial charge on any atom is 0.433 e. The van der Waals surface area contributed by atoms with Gasteiger partial charge in [-0.15, -0.1) is 0 Å². The first-order chi connectivity index (χ1) is 15.4. The van der Waals surface area contributed by atoms with E-state index in [0.29, 0.717) is 12.0 Å². The number of nitrogens with zero attached hydrogens (tertiary/aromatic N) is 2. The van der Waals surface area contributed by atoms with Crippen LogP contribution in [0.1, 0.15) is 117 Å². The molecule has 1 spiro atoms. The molecule has 1 aliphatic heterocycles. The normalized spacial score (nSPS) is 25.5. The zero-order valence-electron chi connectivity index (χ0n) is 19.6. The average Bonchev–Trinajstić information content (AvgIpc) is 3.31. The minimum absolute atomic E-state index is 0.0546. The number of pyridine rings is 2. The van der Waals surface area contributed by atoms with Gasteiger partial charge in [0, 0.05) is 34.3 Å². The molecule has 2 aliphatic carbocycles. The topological polar surface area (TPSA) is 55.2 Å². The van der Waals surface area contributed by atoms with Crippen LogP contribution in [0.3, 0.4) is 0 Å². The number of aromatic nitrogens is 2. The highest BCUT2D eigenvalue weighted by Crippen LogP contribution is 2.59. The predicted molar refractivity (Wildman–Crippen MR) is 118 cm³/mol. The molecule has 4 nitrogen and oxygen atoms in total. The third kappa shape index (κ3) is 3.68. The lowest BCUT2D eigenvalue weighted by Crippen LogP contribution is -2.32. The van der Waals surface area contributed by atoms with E-state index in [-0.39, 0.29) is 11.3 Å². The molecule has 2 aromatic heterocycles. The Hall–Kier alpha value is -1.99. The molecule has 0 amide bonds.